The van der Waals surface area contributed by atoms with Crippen LogP contribution in [0.5, 0.6) is 11.5 Å². The Bertz CT molecular complexity index is 1340. The van der Waals surface area contributed by atoms with Crippen LogP contribution < -0.4 is 10.2 Å². The fourth-order valence-electron chi connectivity index (χ4n) is 3.19. The lowest BCUT2D eigenvalue weighted by molar-refractivity contribution is -0.118. The Kier molecular flexibility index (Phi) is 7.69. The third-order valence-electron chi connectivity index (χ3n) is 5.03. The zero-order valence-electron chi connectivity index (χ0n) is 19.0. The minimum Gasteiger partial charge on any atom is -0.508 e. The van der Waals surface area contributed by atoms with Crippen LogP contribution in [0.25, 0.3) is 17.1 Å². The molecule has 4 aromatic rings. The van der Waals surface area contributed by atoms with E-state index in [2.05, 4.69) is 20.7 Å². The number of phenols is 1. The fourth-order valence-corrected chi connectivity index (χ4v) is 4.06. The van der Waals surface area contributed by atoms with Crippen LogP contribution in [0, 0.1) is 0 Å². The van der Waals surface area contributed by atoms with E-state index in [1.807, 2.05) is 41.0 Å². The van der Waals surface area contributed by atoms with Crippen molar-refractivity contribution in [2.24, 2.45) is 5.10 Å². The summed E-state index contributed by atoms with van der Waals surface area (Å²) in [5, 5.41) is 23.4. The Hall–Kier alpha value is -3.82. The van der Waals surface area contributed by atoms with Gasteiger partial charge in [0.1, 0.15) is 11.5 Å². The highest BCUT2D eigenvalue weighted by Gasteiger charge is 2.17. The van der Waals surface area contributed by atoms with Gasteiger partial charge in [0.2, 0.25) is 0 Å². The second-order valence-corrected chi connectivity index (χ2v) is 8.79. The summed E-state index contributed by atoms with van der Waals surface area (Å²) >= 11 is 7.32. The normalized spacial score (nSPS) is 11.3. The predicted molar refractivity (Wildman–Crippen MR) is 138 cm³/mol. The monoisotopic (exact) mass is 507 g/mol. The van der Waals surface area contributed by atoms with E-state index in [0.717, 1.165) is 22.6 Å². The number of nitrogens with zero attached hydrogens (tertiary/aromatic N) is 4. The Morgan fingerprint density at radius 2 is 1.74 bits per heavy atom. The first-order valence-electron chi connectivity index (χ1n) is 10.6. The molecule has 0 fully saturated rings. The summed E-state index contributed by atoms with van der Waals surface area (Å²) in [5.41, 5.74) is 5.63. The second-order valence-electron chi connectivity index (χ2n) is 7.41. The molecule has 0 unspecified atom stereocenters. The second kappa shape index (κ2) is 11.1. The maximum Gasteiger partial charge on any atom is 0.250 e. The highest BCUT2D eigenvalue weighted by atomic mass is 35.5. The number of nitrogens with one attached hydrogen (secondary N) is 1. The number of hydrogen-bond acceptors (Lipinski definition) is 7. The molecule has 0 saturated heterocycles. The molecular formula is C25H22ClN5O3S. The van der Waals surface area contributed by atoms with E-state index in [9.17, 15) is 9.90 Å². The molecule has 8 nitrogen and oxygen atoms in total. The van der Waals surface area contributed by atoms with Crippen molar-refractivity contribution >= 4 is 35.0 Å². The SMILES string of the molecule is COc1ccc(-c2nnc(SCC(=O)N/N=C(/C)c3ccc(O)cc3)n2-c2ccc(Cl)cc2)cc1. The summed E-state index contributed by atoms with van der Waals surface area (Å²) in [7, 11) is 1.61. The highest BCUT2D eigenvalue weighted by Crippen LogP contribution is 2.29. The summed E-state index contributed by atoms with van der Waals surface area (Å²) in [6.45, 7) is 1.78. The molecule has 1 amide bonds. The number of thioether (sulfide) groups is 1. The van der Waals surface area contributed by atoms with Crippen molar-refractivity contribution in [2.75, 3.05) is 12.9 Å². The molecule has 0 saturated carbocycles. The Labute approximate surface area is 211 Å². The van der Waals surface area contributed by atoms with Crippen LogP contribution in [0.1, 0.15) is 12.5 Å². The lowest BCUT2D eigenvalue weighted by Crippen LogP contribution is -2.21. The van der Waals surface area contributed by atoms with E-state index in [4.69, 9.17) is 16.3 Å². The number of rotatable bonds is 8. The van der Waals surface area contributed by atoms with Crippen molar-refractivity contribution in [3.05, 3.63) is 83.4 Å². The van der Waals surface area contributed by atoms with E-state index in [1.54, 1.807) is 50.4 Å². The summed E-state index contributed by atoms with van der Waals surface area (Å²) in [6, 6.07) is 21.4. The van der Waals surface area contributed by atoms with Crippen LogP contribution in [-0.4, -0.2) is 44.4 Å². The molecule has 0 radical (unpaired) electrons. The van der Waals surface area contributed by atoms with E-state index >= 15 is 0 Å². The Balaban J connectivity index is 1.53. The number of methoxy groups -OCH3 is 1. The van der Waals surface area contributed by atoms with E-state index in [0.29, 0.717) is 21.7 Å². The number of halogens is 1. The number of carbonyl (C=O) groups is 1. The van der Waals surface area contributed by atoms with Gasteiger partial charge in [0.25, 0.3) is 5.91 Å². The first kappa shape index (κ1) is 24.3. The maximum absolute atomic E-state index is 12.5. The molecule has 178 valence electrons. The number of carbonyl (C=O) groups excluding carboxylic acids is 1. The van der Waals surface area contributed by atoms with Gasteiger partial charge in [0.15, 0.2) is 11.0 Å². The quantitative estimate of drug-likeness (QED) is 0.199. The number of amides is 1. The number of benzene rings is 3. The number of aromatic hydroxyl groups is 1. The summed E-state index contributed by atoms with van der Waals surface area (Å²) in [4.78, 5) is 12.5. The molecular weight excluding hydrogens is 486 g/mol. The molecule has 1 heterocycles. The largest absolute Gasteiger partial charge is 0.508 e. The zero-order chi connectivity index (χ0) is 24.8. The van der Waals surface area contributed by atoms with Crippen LogP contribution in [0.3, 0.4) is 0 Å². The van der Waals surface area contributed by atoms with Gasteiger partial charge >= 0.3 is 0 Å². The zero-order valence-corrected chi connectivity index (χ0v) is 20.5. The molecule has 0 aliphatic carbocycles. The van der Waals surface area contributed by atoms with Gasteiger partial charge in [0, 0.05) is 16.3 Å². The summed E-state index contributed by atoms with van der Waals surface area (Å²) in [5.74, 6) is 1.33. The topological polar surface area (TPSA) is 102 Å². The molecule has 2 N–H and O–H groups in total. The van der Waals surface area contributed by atoms with Gasteiger partial charge in [-0.2, -0.15) is 5.10 Å². The number of ether oxygens (including phenoxy) is 1. The Morgan fingerprint density at radius 3 is 2.40 bits per heavy atom. The lowest BCUT2D eigenvalue weighted by Gasteiger charge is -2.11. The standard InChI is InChI=1S/C25H22ClN5O3S/c1-16(17-3-11-21(32)12-4-17)27-28-23(33)15-35-25-30-29-24(18-5-13-22(34-2)14-6-18)31(25)20-9-7-19(26)8-10-20/h3-14,32H,15H2,1-2H3,(H,28,33)/b27-16-. The molecule has 0 aliphatic rings. The minimum atomic E-state index is -0.287. The van der Waals surface area contributed by atoms with Gasteiger partial charge in [0.05, 0.1) is 18.6 Å². The molecule has 0 spiro atoms. The molecule has 4 rings (SSSR count). The third-order valence-corrected chi connectivity index (χ3v) is 6.21. The van der Waals surface area contributed by atoms with Gasteiger partial charge in [-0.25, -0.2) is 5.43 Å². The van der Waals surface area contributed by atoms with E-state index in [1.165, 1.54) is 11.8 Å². The summed E-state index contributed by atoms with van der Waals surface area (Å²) in [6.07, 6.45) is 0. The fraction of sp³-hybridized carbons (Fsp3) is 0.120. The van der Waals surface area contributed by atoms with Crippen LogP contribution in [-0.2, 0) is 4.79 Å². The van der Waals surface area contributed by atoms with Gasteiger partial charge in [-0.3, -0.25) is 9.36 Å². The van der Waals surface area contributed by atoms with Crippen LogP contribution in [0.2, 0.25) is 5.02 Å². The van der Waals surface area contributed by atoms with Crippen molar-refractivity contribution in [3.63, 3.8) is 0 Å². The van der Waals surface area contributed by atoms with Crippen LogP contribution in [0.15, 0.2) is 83.1 Å². The molecule has 0 bridgehead atoms. The number of aromatic nitrogens is 3. The molecule has 1 aromatic heterocycles. The van der Waals surface area contributed by atoms with Crippen molar-refractivity contribution < 1.29 is 14.6 Å². The minimum absolute atomic E-state index is 0.0840. The van der Waals surface area contributed by atoms with Crippen molar-refractivity contribution in [2.45, 2.75) is 12.1 Å². The molecule has 0 atom stereocenters. The molecule has 0 aliphatic heterocycles. The van der Waals surface area contributed by atoms with Crippen molar-refractivity contribution in [3.8, 4) is 28.6 Å². The van der Waals surface area contributed by atoms with Gasteiger partial charge in [-0.1, -0.05) is 23.4 Å². The third kappa shape index (κ3) is 6.00. The van der Waals surface area contributed by atoms with Crippen LogP contribution in [0.4, 0.5) is 0 Å². The van der Waals surface area contributed by atoms with Crippen molar-refractivity contribution in [1.29, 1.82) is 0 Å². The summed E-state index contributed by atoms with van der Waals surface area (Å²) < 4.78 is 7.12. The first-order valence-corrected chi connectivity index (χ1v) is 11.9. The van der Waals surface area contributed by atoms with Gasteiger partial charge < -0.3 is 9.84 Å². The average molecular weight is 508 g/mol. The Morgan fingerprint density at radius 1 is 1.06 bits per heavy atom. The molecule has 3 aromatic carbocycles. The first-order chi connectivity index (χ1) is 16.9. The number of hydrazone groups is 1. The predicted octanol–water partition coefficient (Wildman–Crippen LogP) is 4.93. The molecule has 10 heteroatoms. The van der Waals surface area contributed by atoms with Crippen molar-refractivity contribution in [1.82, 2.24) is 20.2 Å². The van der Waals surface area contributed by atoms with Gasteiger partial charge in [-0.05, 0) is 85.3 Å². The highest BCUT2D eigenvalue weighted by molar-refractivity contribution is 7.99. The smallest absolute Gasteiger partial charge is 0.250 e. The van der Waals surface area contributed by atoms with Crippen LogP contribution >= 0.6 is 23.4 Å². The number of phenolic OH excluding ortho intramolecular Hbond substituents is 1. The van der Waals surface area contributed by atoms with E-state index in [-0.39, 0.29) is 17.4 Å². The lowest BCUT2D eigenvalue weighted by atomic mass is 10.1. The number of hydrogen-bond donors (Lipinski definition) is 2. The molecule has 35 heavy (non-hydrogen) atoms. The van der Waals surface area contributed by atoms with Gasteiger partial charge in [-0.15, -0.1) is 10.2 Å². The maximum atomic E-state index is 12.5. The average Bonchev–Trinajstić information content (AvgIpc) is 3.31. The van der Waals surface area contributed by atoms with E-state index < -0.39 is 0 Å².